The minimum atomic E-state index is -0.106. The quantitative estimate of drug-likeness (QED) is 0.476. The fraction of sp³-hybridized carbons (Fsp3) is 0.160. The first-order valence-corrected chi connectivity index (χ1v) is 9.73. The molecule has 1 atom stereocenters. The second-order valence-electron chi connectivity index (χ2n) is 6.91. The van der Waals surface area contributed by atoms with Crippen LogP contribution in [0, 0.1) is 0 Å². The Morgan fingerprint density at radius 3 is 2.41 bits per heavy atom. The third kappa shape index (κ3) is 4.23. The van der Waals surface area contributed by atoms with Crippen LogP contribution in [0.2, 0.25) is 0 Å². The molecule has 4 rings (SSSR count). The summed E-state index contributed by atoms with van der Waals surface area (Å²) in [5.41, 5.74) is 2.98. The van der Waals surface area contributed by atoms with E-state index in [0.717, 1.165) is 24.1 Å². The van der Waals surface area contributed by atoms with Gasteiger partial charge in [-0.25, -0.2) is 0 Å². The molecule has 0 amide bonds. The predicted octanol–water partition coefficient (Wildman–Crippen LogP) is 5.19. The molecule has 1 heterocycles. The van der Waals surface area contributed by atoms with Gasteiger partial charge in [-0.05, 0) is 42.9 Å². The second-order valence-corrected chi connectivity index (χ2v) is 6.91. The molecule has 0 aliphatic rings. The van der Waals surface area contributed by atoms with Gasteiger partial charge in [0, 0.05) is 6.42 Å². The van der Waals surface area contributed by atoms with E-state index in [9.17, 15) is 4.79 Å². The van der Waals surface area contributed by atoms with Crippen molar-refractivity contribution < 1.29 is 9.15 Å². The van der Waals surface area contributed by atoms with Crippen LogP contribution in [0.4, 0.5) is 0 Å². The molecule has 1 aromatic heterocycles. The van der Waals surface area contributed by atoms with E-state index in [-0.39, 0.29) is 11.5 Å². The van der Waals surface area contributed by atoms with Crippen LogP contribution in [0.15, 0.2) is 94.3 Å². The van der Waals surface area contributed by atoms with Crippen LogP contribution in [0.5, 0.6) is 5.75 Å². The molecule has 29 heavy (non-hydrogen) atoms. The van der Waals surface area contributed by atoms with Crippen LogP contribution >= 0.6 is 0 Å². The number of nitrogens with one attached hydrogen (secondary N) is 1. The van der Waals surface area contributed by atoms with E-state index in [1.54, 1.807) is 12.1 Å². The molecule has 1 N–H and O–H groups in total. The second kappa shape index (κ2) is 8.76. The van der Waals surface area contributed by atoms with Crippen molar-refractivity contribution in [3.05, 3.63) is 101 Å². The lowest BCUT2D eigenvalue weighted by Crippen LogP contribution is -2.16. The summed E-state index contributed by atoms with van der Waals surface area (Å²) in [6.07, 6.45) is 2.24. The molecule has 1 unspecified atom stereocenters. The van der Waals surface area contributed by atoms with Crippen molar-refractivity contribution in [1.82, 2.24) is 5.32 Å². The first-order chi connectivity index (χ1) is 14.3. The zero-order valence-electron chi connectivity index (χ0n) is 16.3. The molecule has 4 heteroatoms. The lowest BCUT2D eigenvalue weighted by atomic mass is 10.1. The van der Waals surface area contributed by atoms with Crippen molar-refractivity contribution in [2.75, 3.05) is 13.6 Å². The Labute approximate surface area is 169 Å². The van der Waals surface area contributed by atoms with E-state index in [1.807, 2.05) is 61.6 Å². The highest BCUT2D eigenvalue weighted by Crippen LogP contribution is 2.28. The molecule has 0 fully saturated rings. The van der Waals surface area contributed by atoms with Crippen molar-refractivity contribution in [2.45, 2.75) is 12.5 Å². The van der Waals surface area contributed by atoms with Gasteiger partial charge in [-0.1, -0.05) is 60.7 Å². The van der Waals surface area contributed by atoms with Crippen molar-refractivity contribution in [3.8, 4) is 16.9 Å². The van der Waals surface area contributed by atoms with Crippen LogP contribution in [0.1, 0.15) is 18.1 Å². The molecule has 0 aliphatic carbocycles. The monoisotopic (exact) mass is 385 g/mol. The number of ether oxygens (including phenoxy) is 1. The maximum Gasteiger partial charge on any atom is 0.200 e. The molecule has 0 bridgehead atoms. The lowest BCUT2D eigenvalue weighted by Gasteiger charge is -2.20. The van der Waals surface area contributed by atoms with Crippen molar-refractivity contribution in [1.29, 1.82) is 0 Å². The number of fused-ring (bicyclic) bond motifs is 1. The molecule has 0 saturated heterocycles. The third-order valence-electron chi connectivity index (χ3n) is 4.94. The maximum absolute atomic E-state index is 13.1. The first kappa shape index (κ1) is 19.0. The van der Waals surface area contributed by atoms with Gasteiger partial charge in [0.25, 0.3) is 0 Å². The van der Waals surface area contributed by atoms with Gasteiger partial charge >= 0.3 is 0 Å². The third-order valence-corrected chi connectivity index (χ3v) is 4.94. The molecular formula is C25H23NO3. The van der Waals surface area contributed by atoms with E-state index >= 15 is 0 Å². The maximum atomic E-state index is 13.1. The van der Waals surface area contributed by atoms with Gasteiger partial charge in [0.05, 0.1) is 10.9 Å². The fourth-order valence-electron chi connectivity index (χ4n) is 3.40. The lowest BCUT2D eigenvalue weighted by molar-refractivity contribution is 0.195. The highest BCUT2D eigenvalue weighted by atomic mass is 16.5. The van der Waals surface area contributed by atoms with Gasteiger partial charge < -0.3 is 14.5 Å². The average molecular weight is 385 g/mol. The zero-order chi connectivity index (χ0) is 20.1. The van der Waals surface area contributed by atoms with Crippen molar-refractivity contribution in [3.63, 3.8) is 0 Å². The van der Waals surface area contributed by atoms with Gasteiger partial charge in [-0.15, -0.1) is 0 Å². The highest BCUT2D eigenvalue weighted by molar-refractivity contribution is 5.82. The summed E-state index contributed by atoms with van der Waals surface area (Å²) in [6, 6.07) is 25.1. The molecule has 3 aromatic carbocycles. The summed E-state index contributed by atoms with van der Waals surface area (Å²) in [5.74, 6) is 0.653. The van der Waals surface area contributed by atoms with E-state index in [1.165, 1.54) is 6.26 Å². The summed E-state index contributed by atoms with van der Waals surface area (Å²) >= 11 is 0. The predicted molar refractivity (Wildman–Crippen MR) is 116 cm³/mol. The van der Waals surface area contributed by atoms with Gasteiger partial charge in [-0.2, -0.15) is 0 Å². The summed E-state index contributed by atoms with van der Waals surface area (Å²) in [6.45, 7) is 0.827. The van der Waals surface area contributed by atoms with Crippen molar-refractivity contribution >= 4 is 11.0 Å². The smallest absolute Gasteiger partial charge is 0.200 e. The molecule has 146 valence electrons. The number of benzene rings is 3. The standard InChI is InChI=1S/C25H23NO3/c1-26-15-14-23(19-10-6-3-7-11-19)29-20-12-13-24-21(16-20)25(27)22(17-28-24)18-8-4-2-5-9-18/h2-13,16-17,23,26H,14-15H2,1H3. The average Bonchev–Trinajstić information content (AvgIpc) is 2.78. The van der Waals surface area contributed by atoms with Crippen LogP contribution in [-0.2, 0) is 0 Å². The summed E-state index contributed by atoms with van der Waals surface area (Å²) in [7, 11) is 1.93. The SMILES string of the molecule is CNCCC(Oc1ccc2occ(-c3ccccc3)c(=O)c2c1)c1ccccc1. The van der Waals surface area contributed by atoms with Gasteiger partial charge in [0.15, 0.2) is 0 Å². The van der Waals surface area contributed by atoms with Crippen LogP contribution in [-0.4, -0.2) is 13.6 Å². The van der Waals surface area contributed by atoms with E-state index in [4.69, 9.17) is 9.15 Å². The largest absolute Gasteiger partial charge is 0.486 e. The number of rotatable bonds is 7. The minimum Gasteiger partial charge on any atom is -0.486 e. The normalized spacial score (nSPS) is 12.0. The molecule has 4 nitrogen and oxygen atoms in total. The van der Waals surface area contributed by atoms with E-state index < -0.39 is 0 Å². The topological polar surface area (TPSA) is 51.5 Å². The van der Waals surface area contributed by atoms with E-state index in [0.29, 0.717) is 22.3 Å². The zero-order valence-corrected chi connectivity index (χ0v) is 16.3. The molecule has 0 radical (unpaired) electrons. The Balaban J connectivity index is 1.70. The molecule has 0 spiro atoms. The Kier molecular flexibility index (Phi) is 5.73. The van der Waals surface area contributed by atoms with E-state index in [2.05, 4.69) is 17.4 Å². The Morgan fingerprint density at radius 2 is 1.69 bits per heavy atom. The summed E-state index contributed by atoms with van der Waals surface area (Å²) in [4.78, 5) is 13.1. The fourth-order valence-corrected chi connectivity index (χ4v) is 3.40. The molecular weight excluding hydrogens is 362 g/mol. The molecule has 4 aromatic rings. The number of hydrogen-bond donors (Lipinski definition) is 1. The van der Waals surface area contributed by atoms with Crippen molar-refractivity contribution in [2.24, 2.45) is 0 Å². The Hall–Kier alpha value is -3.37. The highest BCUT2D eigenvalue weighted by Gasteiger charge is 2.15. The van der Waals surface area contributed by atoms with Gasteiger partial charge in [0.1, 0.15) is 23.7 Å². The van der Waals surface area contributed by atoms with Gasteiger partial charge in [0.2, 0.25) is 5.43 Å². The molecule has 0 aliphatic heterocycles. The summed E-state index contributed by atoms with van der Waals surface area (Å²) < 4.78 is 12.0. The van der Waals surface area contributed by atoms with Gasteiger partial charge in [-0.3, -0.25) is 4.79 Å². The first-order valence-electron chi connectivity index (χ1n) is 9.73. The van der Waals surface area contributed by atoms with Crippen LogP contribution in [0.3, 0.4) is 0 Å². The van der Waals surface area contributed by atoms with Crippen LogP contribution in [0.25, 0.3) is 22.1 Å². The Bertz CT molecular complexity index is 1140. The minimum absolute atomic E-state index is 0.0608. The van der Waals surface area contributed by atoms with Crippen LogP contribution < -0.4 is 15.5 Å². The Morgan fingerprint density at radius 1 is 0.966 bits per heavy atom. The summed E-state index contributed by atoms with van der Waals surface area (Å²) in [5, 5.41) is 3.69. The number of hydrogen-bond acceptors (Lipinski definition) is 4. The molecule has 0 saturated carbocycles.